The first-order chi connectivity index (χ1) is 17.3. The van der Waals surface area contributed by atoms with Crippen molar-refractivity contribution in [3.05, 3.63) is 40.4 Å². The van der Waals surface area contributed by atoms with E-state index in [1.165, 1.54) is 12.1 Å². The number of ether oxygens (including phenoxy) is 6. The Bertz CT molecular complexity index is 569. The topological polar surface area (TPSA) is 105 Å². The molecule has 0 amide bonds. The molecule has 11 nitrogen and oxygen atoms in total. The number of para-hydroxylation sites is 1. The van der Waals surface area contributed by atoms with Crippen LogP contribution in [-0.4, -0.2) is 185 Å². The van der Waals surface area contributed by atoms with E-state index in [0.717, 1.165) is 39.3 Å². The zero-order valence-corrected chi connectivity index (χ0v) is 24.8. The van der Waals surface area contributed by atoms with Crippen molar-refractivity contribution in [1.82, 2.24) is 9.80 Å². The summed E-state index contributed by atoms with van der Waals surface area (Å²) in [5.74, 6) is 0. The molecule has 1 radical (unpaired) electrons. The van der Waals surface area contributed by atoms with Crippen LogP contribution < -0.4 is 0 Å². The third kappa shape index (κ3) is 18.2. The fourth-order valence-electron chi connectivity index (χ4n) is 3.35. The van der Waals surface area contributed by atoms with E-state index in [-0.39, 0.29) is 57.1 Å². The van der Waals surface area contributed by atoms with E-state index in [9.17, 15) is 10.1 Å². The first kappa shape index (κ1) is 34.0. The van der Waals surface area contributed by atoms with Gasteiger partial charge in [0.05, 0.1) is 84.2 Å². The van der Waals surface area contributed by atoms with Gasteiger partial charge in [0.15, 0.2) is 0 Å². The summed E-state index contributed by atoms with van der Waals surface area (Å²) < 4.78 is 34.2. The molecule has 0 aliphatic carbocycles. The van der Waals surface area contributed by atoms with Crippen molar-refractivity contribution in [3.8, 4) is 0 Å². The summed E-state index contributed by atoms with van der Waals surface area (Å²) in [5, 5.41) is 10.0. The molecule has 0 unspecified atom stereocenters. The molecule has 0 spiro atoms. The van der Waals surface area contributed by atoms with Crippen LogP contribution in [0.1, 0.15) is 0 Å². The van der Waals surface area contributed by atoms with Crippen LogP contribution >= 0.6 is 0 Å². The molecule has 1 aromatic carbocycles. The van der Waals surface area contributed by atoms with Gasteiger partial charge in [-0.25, -0.2) is 0 Å². The van der Waals surface area contributed by atoms with Gasteiger partial charge < -0.3 is 28.4 Å². The SMILES string of the molecule is C1COCCN2CCOCCOCCN(CCO1)CCOCCOCC2.O=[N+]([O-])c1ccccc1.[K]. The number of rotatable bonds is 1. The molecular weight excluding hydrogens is 497 g/mol. The number of nitro benzene ring substituents is 1. The van der Waals surface area contributed by atoms with E-state index < -0.39 is 4.92 Å². The maximum Gasteiger partial charge on any atom is 0.269 e. The van der Waals surface area contributed by atoms with Crippen LogP contribution in [0.15, 0.2) is 30.3 Å². The molecular formula is C24H41KN3O8. The molecule has 2 bridgehead atoms. The number of hydrogen-bond acceptors (Lipinski definition) is 10. The van der Waals surface area contributed by atoms with Crippen LogP contribution in [-0.2, 0) is 28.4 Å². The van der Waals surface area contributed by atoms with Gasteiger partial charge in [-0.2, -0.15) is 0 Å². The molecule has 0 saturated carbocycles. The molecule has 0 N–H and O–H groups in total. The Hall–Kier alpha value is -0.0636. The van der Waals surface area contributed by atoms with E-state index in [2.05, 4.69) is 9.80 Å². The van der Waals surface area contributed by atoms with Gasteiger partial charge in [-0.3, -0.25) is 19.9 Å². The predicted molar refractivity (Wildman–Crippen MR) is 137 cm³/mol. The molecule has 3 aliphatic heterocycles. The normalized spacial score (nSPS) is 24.2. The van der Waals surface area contributed by atoms with Gasteiger partial charge in [0.25, 0.3) is 5.69 Å². The standard InChI is InChI=1S/C18H36N2O6.C6H5NO2.K/c1-7-21-13-14-24-10-4-20-5-11-25-17-15-22-8-2-19(1)3-9-23-16-18-26-12-6-20;8-7(9)6-4-2-1-3-5-6;/h1-18H2;1-5H;. The number of fused-ring (bicyclic) bond motifs is 21. The van der Waals surface area contributed by atoms with Crippen molar-refractivity contribution >= 4 is 57.1 Å². The molecule has 201 valence electrons. The Morgan fingerprint density at radius 2 is 0.806 bits per heavy atom. The first-order valence-corrected chi connectivity index (χ1v) is 12.4. The van der Waals surface area contributed by atoms with E-state index in [4.69, 9.17) is 28.4 Å². The van der Waals surface area contributed by atoms with Crippen LogP contribution in [0.3, 0.4) is 0 Å². The maximum absolute atomic E-state index is 10.0. The van der Waals surface area contributed by atoms with E-state index in [1.807, 2.05) is 0 Å². The third-order valence-corrected chi connectivity index (χ3v) is 5.39. The Morgan fingerprint density at radius 1 is 0.528 bits per heavy atom. The average Bonchev–Trinajstić information content (AvgIpc) is 2.87. The minimum atomic E-state index is -0.417. The van der Waals surface area contributed by atoms with Crippen molar-refractivity contribution in [3.63, 3.8) is 0 Å². The Labute approximate surface area is 257 Å². The fourth-order valence-corrected chi connectivity index (χ4v) is 3.35. The molecule has 0 atom stereocenters. The van der Waals surface area contributed by atoms with Crippen LogP contribution in [0.5, 0.6) is 0 Å². The van der Waals surface area contributed by atoms with Crippen LogP contribution in [0.2, 0.25) is 0 Å². The van der Waals surface area contributed by atoms with E-state index in [0.29, 0.717) is 79.3 Å². The van der Waals surface area contributed by atoms with Crippen molar-refractivity contribution in [1.29, 1.82) is 0 Å². The van der Waals surface area contributed by atoms with Gasteiger partial charge in [0, 0.05) is 103 Å². The summed E-state index contributed by atoms with van der Waals surface area (Å²) >= 11 is 0. The van der Waals surface area contributed by atoms with Crippen LogP contribution in [0.4, 0.5) is 5.69 Å². The minimum Gasteiger partial charge on any atom is -0.378 e. The molecule has 3 fully saturated rings. The summed E-state index contributed by atoms with van der Waals surface area (Å²) in [5.41, 5.74) is 0.137. The van der Waals surface area contributed by atoms with Gasteiger partial charge >= 0.3 is 0 Å². The minimum absolute atomic E-state index is 0. The monoisotopic (exact) mass is 538 g/mol. The van der Waals surface area contributed by atoms with Crippen LogP contribution in [0.25, 0.3) is 0 Å². The van der Waals surface area contributed by atoms with Gasteiger partial charge in [-0.05, 0) is 0 Å². The van der Waals surface area contributed by atoms with Crippen LogP contribution in [0, 0.1) is 10.1 Å². The molecule has 3 aliphatic rings. The second-order valence-corrected chi connectivity index (χ2v) is 7.95. The molecule has 0 aromatic heterocycles. The smallest absolute Gasteiger partial charge is 0.269 e. The second-order valence-electron chi connectivity index (χ2n) is 7.95. The third-order valence-electron chi connectivity index (χ3n) is 5.39. The summed E-state index contributed by atoms with van der Waals surface area (Å²) in [4.78, 5) is 14.2. The number of hydrogen-bond donors (Lipinski definition) is 0. The van der Waals surface area contributed by atoms with Crippen molar-refractivity contribution in [2.45, 2.75) is 0 Å². The van der Waals surface area contributed by atoms with Crippen molar-refractivity contribution in [2.75, 3.05) is 119 Å². The Kier molecular flexibility index (Phi) is 22.7. The molecule has 3 heterocycles. The van der Waals surface area contributed by atoms with Gasteiger partial charge in [-0.1, -0.05) is 18.2 Å². The molecule has 4 rings (SSSR count). The molecule has 3 saturated heterocycles. The number of nitro groups is 1. The van der Waals surface area contributed by atoms with E-state index >= 15 is 0 Å². The quantitative estimate of drug-likeness (QED) is 0.291. The van der Waals surface area contributed by atoms with Gasteiger partial charge in [-0.15, -0.1) is 0 Å². The average molecular weight is 539 g/mol. The van der Waals surface area contributed by atoms with E-state index in [1.54, 1.807) is 18.2 Å². The molecule has 1 aromatic rings. The van der Waals surface area contributed by atoms with Gasteiger partial charge in [0.2, 0.25) is 0 Å². The largest absolute Gasteiger partial charge is 0.378 e. The van der Waals surface area contributed by atoms with Crippen molar-refractivity contribution < 1.29 is 33.3 Å². The maximum atomic E-state index is 10.0. The van der Waals surface area contributed by atoms with Gasteiger partial charge in [0.1, 0.15) is 0 Å². The van der Waals surface area contributed by atoms with Crippen molar-refractivity contribution in [2.24, 2.45) is 0 Å². The zero-order chi connectivity index (χ0) is 24.8. The summed E-state index contributed by atoms with van der Waals surface area (Å²) in [6, 6.07) is 7.93. The molecule has 36 heavy (non-hydrogen) atoms. The fraction of sp³-hybridized carbons (Fsp3) is 0.750. The summed E-state index contributed by atoms with van der Waals surface area (Å²) in [6.45, 7) is 13.2. The second kappa shape index (κ2) is 24.0. The summed E-state index contributed by atoms with van der Waals surface area (Å²) in [7, 11) is 0. The number of benzene rings is 1. The number of nitrogens with zero attached hydrogens (tertiary/aromatic N) is 3. The molecule has 12 heteroatoms. The summed E-state index contributed by atoms with van der Waals surface area (Å²) in [6.07, 6.45) is 0. The Balaban J connectivity index is 0.000000546. The number of non-ortho nitro benzene ring substituents is 1. The first-order valence-electron chi connectivity index (χ1n) is 12.4. The predicted octanol–water partition coefficient (Wildman–Crippen LogP) is 0.931. The Morgan fingerprint density at radius 3 is 1.03 bits per heavy atom. The zero-order valence-electron chi connectivity index (χ0n) is 21.7.